The first kappa shape index (κ1) is 33.9. The Bertz CT molecular complexity index is 3250. The molecular formula is C55H39N3Si. The number of nitrogens with zero attached hydrogens (tertiary/aromatic N) is 3. The molecule has 12 rings (SSSR count). The molecule has 0 unspecified atom stereocenters. The maximum absolute atomic E-state index is 5.66. The Labute approximate surface area is 345 Å². The van der Waals surface area contributed by atoms with Crippen LogP contribution < -0.4 is 20.7 Å². The van der Waals surface area contributed by atoms with E-state index in [1.807, 2.05) is 0 Å². The van der Waals surface area contributed by atoms with Crippen LogP contribution >= 0.6 is 0 Å². The highest BCUT2D eigenvalue weighted by atomic mass is 28.3. The third kappa shape index (κ3) is 4.75. The Hall–Kier alpha value is -7.14. The minimum Gasteiger partial charge on any atom is -0.309 e. The van der Waals surface area contributed by atoms with Gasteiger partial charge in [-0.3, -0.25) is 0 Å². The van der Waals surface area contributed by atoms with Crippen molar-refractivity contribution in [3.63, 3.8) is 0 Å². The van der Waals surface area contributed by atoms with E-state index >= 15 is 0 Å². The Morgan fingerprint density at radius 1 is 0.441 bits per heavy atom. The van der Waals surface area contributed by atoms with Gasteiger partial charge in [-0.15, -0.1) is 0 Å². The molecule has 0 bridgehead atoms. The molecule has 8 aromatic carbocycles. The standard InChI is InChI=1S/C55H39N3Si/c1-55(2)46-30-15-12-27-41(46)44-34-45-42-28-13-16-31-48(42)58(49(45)35-47(44)55)38-22-18-21-37(33-38)51-53-52(57-54(56-51)36-19-6-3-7-20-36)43-29-14-17-32-50(43)59(53,39-23-8-4-9-24-39)40-25-10-5-11-26-40/h3-35H,1-2H3. The third-order valence-corrected chi connectivity index (χ3v) is 17.9. The fourth-order valence-corrected chi connectivity index (χ4v) is 15.7. The maximum Gasteiger partial charge on any atom is 0.185 e. The molecule has 0 saturated carbocycles. The molecule has 0 saturated heterocycles. The monoisotopic (exact) mass is 769 g/mol. The normalized spacial score (nSPS) is 14.2. The smallest absolute Gasteiger partial charge is 0.185 e. The quantitative estimate of drug-likeness (QED) is 0.163. The molecule has 0 N–H and O–H groups in total. The van der Waals surface area contributed by atoms with E-state index in [0.717, 1.165) is 34.0 Å². The lowest BCUT2D eigenvalue weighted by atomic mass is 9.82. The molecule has 0 atom stereocenters. The molecule has 3 heterocycles. The van der Waals surface area contributed by atoms with E-state index in [4.69, 9.17) is 9.97 Å². The first-order valence-corrected chi connectivity index (χ1v) is 22.5. The van der Waals surface area contributed by atoms with Gasteiger partial charge in [-0.1, -0.05) is 184 Å². The highest BCUT2D eigenvalue weighted by Crippen LogP contribution is 2.51. The van der Waals surface area contributed by atoms with Gasteiger partial charge in [0, 0.05) is 43.8 Å². The fraction of sp³-hybridized carbons (Fsp3) is 0.0545. The topological polar surface area (TPSA) is 30.7 Å². The Kier molecular flexibility index (Phi) is 7.29. The zero-order chi connectivity index (χ0) is 39.3. The summed E-state index contributed by atoms with van der Waals surface area (Å²) in [6.45, 7) is 4.73. The van der Waals surface area contributed by atoms with Crippen LogP contribution in [0.25, 0.3) is 72.5 Å². The largest absolute Gasteiger partial charge is 0.309 e. The Balaban J connectivity index is 1.17. The summed E-state index contributed by atoms with van der Waals surface area (Å²) in [5.74, 6) is 0.736. The van der Waals surface area contributed by atoms with Crippen molar-refractivity contribution in [2.75, 3.05) is 0 Å². The van der Waals surface area contributed by atoms with Crippen LogP contribution in [0.1, 0.15) is 25.0 Å². The maximum atomic E-state index is 5.66. The summed E-state index contributed by atoms with van der Waals surface area (Å²) < 4.78 is 2.47. The van der Waals surface area contributed by atoms with Gasteiger partial charge in [0.2, 0.25) is 0 Å². The molecule has 10 aromatic rings. The van der Waals surface area contributed by atoms with E-state index in [2.05, 4.69) is 219 Å². The molecule has 2 aliphatic rings. The average Bonchev–Trinajstić information content (AvgIpc) is 3.87. The van der Waals surface area contributed by atoms with Crippen molar-refractivity contribution in [3.8, 4) is 50.7 Å². The number of fused-ring (bicyclic) bond motifs is 9. The second kappa shape index (κ2) is 12.7. The molecule has 59 heavy (non-hydrogen) atoms. The zero-order valence-corrected chi connectivity index (χ0v) is 33.9. The lowest BCUT2D eigenvalue weighted by molar-refractivity contribution is 0.661. The second-order valence-electron chi connectivity index (χ2n) is 16.5. The summed E-state index contributed by atoms with van der Waals surface area (Å²) in [6, 6.07) is 73.5. The van der Waals surface area contributed by atoms with E-state index in [1.54, 1.807) is 0 Å². The average molecular weight is 770 g/mol. The van der Waals surface area contributed by atoms with Gasteiger partial charge < -0.3 is 4.57 Å². The van der Waals surface area contributed by atoms with Crippen LogP contribution in [0.3, 0.4) is 0 Å². The van der Waals surface area contributed by atoms with Gasteiger partial charge >= 0.3 is 0 Å². The molecule has 0 amide bonds. The first-order valence-electron chi connectivity index (χ1n) is 20.5. The zero-order valence-electron chi connectivity index (χ0n) is 32.9. The molecule has 3 nitrogen and oxygen atoms in total. The lowest BCUT2D eigenvalue weighted by Crippen LogP contribution is -2.73. The van der Waals surface area contributed by atoms with E-state index in [9.17, 15) is 0 Å². The summed E-state index contributed by atoms with van der Waals surface area (Å²) >= 11 is 0. The van der Waals surface area contributed by atoms with Crippen LogP contribution in [0.4, 0.5) is 0 Å². The summed E-state index contributed by atoms with van der Waals surface area (Å²) in [5.41, 5.74) is 14.1. The van der Waals surface area contributed by atoms with Gasteiger partial charge in [-0.25, -0.2) is 9.97 Å². The summed E-state index contributed by atoms with van der Waals surface area (Å²) in [4.78, 5) is 11.2. The van der Waals surface area contributed by atoms with Crippen LogP contribution in [-0.2, 0) is 5.41 Å². The molecule has 0 radical (unpaired) electrons. The lowest BCUT2D eigenvalue weighted by Gasteiger charge is -2.32. The van der Waals surface area contributed by atoms with Gasteiger partial charge in [0.15, 0.2) is 13.9 Å². The van der Waals surface area contributed by atoms with Crippen molar-refractivity contribution in [3.05, 3.63) is 211 Å². The van der Waals surface area contributed by atoms with Crippen molar-refractivity contribution in [2.45, 2.75) is 19.3 Å². The Morgan fingerprint density at radius 2 is 1.05 bits per heavy atom. The molecule has 2 aromatic heterocycles. The van der Waals surface area contributed by atoms with Crippen molar-refractivity contribution >= 4 is 50.6 Å². The molecule has 4 heteroatoms. The number of rotatable bonds is 5. The van der Waals surface area contributed by atoms with E-state index in [1.165, 1.54) is 70.4 Å². The fourth-order valence-electron chi connectivity index (χ4n) is 10.5. The van der Waals surface area contributed by atoms with Crippen molar-refractivity contribution in [1.29, 1.82) is 0 Å². The van der Waals surface area contributed by atoms with Crippen LogP contribution in [0.2, 0.25) is 0 Å². The van der Waals surface area contributed by atoms with Gasteiger partial charge in [-0.2, -0.15) is 0 Å². The second-order valence-corrected chi connectivity index (χ2v) is 20.2. The number of benzene rings is 8. The summed E-state index contributed by atoms with van der Waals surface area (Å²) in [5, 5.41) is 7.76. The third-order valence-electron chi connectivity index (χ3n) is 13.1. The van der Waals surface area contributed by atoms with Gasteiger partial charge in [0.1, 0.15) is 0 Å². The number of hydrogen-bond acceptors (Lipinski definition) is 2. The van der Waals surface area contributed by atoms with Crippen molar-refractivity contribution in [1.82, 2.24) is 14.5 Å². The molecule has 278 valence electrons. The molecule has 1 aliphatic heterocycles. The molecule has 1 aliphatic carbocycles. The molecule has 0 fully saturated rings. The SMILES string of the molecule is CC1(C)c2ccccc2-c2cc3c4ccccc4n(-c4cccc(-c5nc(-c6ccccc6)nc6c5[Si](c5ccccc5)(c5ccccc5)c5ccccc5-6)c4)c3cc21. The van der Waals surface area contributed by atoms with Gasteiger partial charge in [0.25, 0.3) is 0 Å². The first-order chi connectivity index (χ1) is 29.0. The highest BCUT2D eigenvalue weighted by molar-refractivity contribution is 7.22. The Morgan fingerprint density at radius 3 is 1.81 bits per heavy atom. The van der Waals surface area contributed by atoms with Crippen LogP contribution in [0.5, 0.6) is 0 Å². The summed E-state index contributed by atoms with van der Waals surface area (Å²) in [6.07, 6.45) is 0. The van der Waals surface area contributed by atoms with E-state index < -0.39 is 8.07 Å². The predicted molar refractivity (Wildman–Crippen MR) is 247 cm³/mol. The van der Waals surface area contributed by atoms with E-state index in [0.29, 0.717) is 0 Å². The van der Waals surface area contributed by atoms with Crippen LogP contribution in [0.15, 0.2) is 200 Å². The van der Waals surface area contributed by atoms with Crippen LogP contribution in [0, 0.1) is 0 Å². The molecule has 0 spiro atoms. The minimum absolute atomic E-state index is 0.115. The molecular weight excluding hydrogens is 731 g/mol. The van der Waals surface area contributed by atoms with Crippen LogP contribution in [-0.4, -0.2) is 22.6 Å². The highest BCUT2D eigenvalue weighted by Gasteiger charge is 2.51. The van der Waals surface area contributed by atoms with Crippen molar-refractivity contribution < 1.29 is 0 Å². The summed E-state index contributed by atoms with van der Waals surface area (Å²) in [7, 11) is -2.94. The van der Waals surface area contributed by atoms with Crippen molar-refractivity contribution in [2.24, 2.45) is 0 Å². The number of hydrogen-bond donors (Lipinski definition) is 0. The van der Waals surface area contributed by atoms with Gasteiger partial charge in [-0.05, 0) is 68.1 Å². The number of aromatic nitrogens is 3. The van der Waals surface area contributed by atoms with E-state index in [-0.39, 0.29) is 5.41 Å². The minimum atomic E-state index is -2.94. The van der Waals surface area contributed by atoms with Gasteiger partial charge in [0.05, 0.1) is 22.4 Å². The number of para-hydroxylation sites is 1. The predicted octanol–water partition coefficient (Wildman–Crippen LogP) is 10.6.